The van der Waals surface area contributed by atoms with Crippen molar-refractivity contribution in [3.05, 3.63) is 35.4 Å². The summed E-state index contributed by atoms with van der Waals surface area (Å²) in [6, 6.07) is 6.68. The molecule has 1 fully saturated rings. The molecule has 1 aliphatic rings. The van der Waals surface area contributed by atoms with E-state index in [4.69, 9.17) is 0 Å². The second kappa shape index (κ2) is 5.91. The Hall–Kier alpha value is -1.49. The van der Waals surface area contributed by atoms with Gasteiger partial charge in [0.2, 0.25) is 0 Å². The Morgan fingerprint density at radius 1 is 1.22 bits per heavy atom. The van der Waals surface area contributed by atoms with Gasteiger partial charge < -0.3 is 9.64 Å². The van der Waals surface area contributed by atoms with Crippen LogP contribution in [0, 0.1) is 0 Å². The molecular formula is C13H15NO3S. The first-order valence-electron chi connectivity index (χ1n) is 5.78. The van der Waals surface area contributed by atoms with E-state index < -0.39 is 5.97 Å². The molecule has 1 amide bonds. The number of hydrogen-bond donors (Lipinski definition) is 0. The Balaban J connectivity index is 2.17. The number of methoxy groups -OCH3 is 1. The zero-order chi connectivity index (χ0) is 13.0. The van der Waals surface area contributed by atoms with Crippen molar-refractivity contribution in [2.45, 2.75) is 0 Å². The molecule has 0 saturated carbocycles. The van der Waals surface area contributed by atoms with Crippen LogP contribution < -0.4 is 0 Å². The van der Waals surface area contributed by atoms with E-state index >= 15 is 0 Å². The maximum atomic E-state index is 12.2. The highest BCUT2D eigenvalue weighted by Gasteiger charge is 2.19. The normalized spacial score (nSPS) is 15.3. The van der Waals surface area contributed by atoms with Crippen LogP contribution in [-0.2, 0) is 4.74 Å². The molecule has 0 atom stereocenters. The minimum atomic E-state index is -0.418. The second-order valence-corrected chi connectivity index (χ2v) is 5.20. The van der Waals surface area contributed by atoms with Crippen molar-refractivity contribution in [1.29, 1.82) is 0 Å². The Morgan fingerprint density at radius 3 is 2.56 bits per heavy atom. The van der Waals surface area contributed by atoms with Crippen LogP contribution in [0.3, 0.4) is 0 Å². The van der Waals surface area contributed by atoms with Gasteiger partial charge in [-0.25, -0.2) is 4.79 Å². The lowest BCUT2D eigenvalue weighted by atomic mass is 10.1. The molecule has 18 heavy (non-hydrogen) atoms. The van der Waals surface area contributed by atoms with Gasteiger partial charge in [0, 0.05) is 30.2 Å². The zero-order valence-electron chi connectivity index (χ0n) is 10.2. The summed E-state index contributed by atoms with van der Waals surface area (Å²) < 4.78 is 4.65. The monoisotopic (exact) mass is 265 g/mol. The number of amides is 1. The maximum absolute atomic E-state index is 12.2. The molecule has 4 nitrogen and oxygen atoms in total. The van der Waals surface area contributed by atoms with Crippen LogP contribution >= 0.6 is 11.8 Å². The van der Waals surface area contributed by atoms with Crippen LogP contribution in [0.4, 0.5) is 0 Å². The number of benzene rings is 1. The standard InChI is InChI=1S/C13H15NO3S/c1-17-13(16)11-4-2-3-10(9-11)12(15)14-5-7-18-8-6-14/h2-4,9H,5-8H2,1H3. The molecule has 0 radical (unpaired) electrons. The highest BCUT2D eigenvalue weighted by molar-refractivity contribution is 7.99. The van der Waals surface area contributed by atoms with Crippen LogP contribution in [0.1, 0.15) is 20.7 Å². The summed E-state index contributed by atoms with van der Waals surface area (Å²) in [5.74, 6) is 1.52. The van der Waals surface area contributed by atoms with E-state index in [9.17, 15) is 9.59 Å². The number of ether oxygens (including phenoxy) is 1. The molecule has 1 saturated heterocycles. The number of nitrogens with zero attached hydrogens (tertiary/aromatic N) is 1. The van der Waals surface area contributed by atoms with Gasteiger partial charge in [0.05, 0.1) is 12.7 Å². The molecule has 0 bridgehead atoms. The second-order valence-electron chi connectivity index (χ2n) is 3.98. The molecule has 0 spiro atoms. The molecule has 1 heterocycles. The third kappa shape index (κ3) is 2.85. The summed E-state index contributed by atoms with van der Waals surface area (Å²) in [6.07, 6.45) is 0. The van der Waals surface area contributed by atoms with Gasteiger partial charge in [-0.15, -0.1) is 0 Å². The van der Waals surface area contributed by atoms with E-state index in [1.54, 1.807) is 24.3 Å². The first-order valence-corrected chi connectivity index (χ1v) is 6.93. The molecule has 96 valence electrons. The van der Waals surface area contributed by atoms with Crippen LogP contribution in [0.2, 0.25) is 0 Å². The first kappa shape index (κ1) is 13.0. The largest absolute Gasteiger partial charge is 0.465 e. The molecule has 5 heteroatoms. The van der Waals surface area contributed by atoms with Crippen molar-refractivity contribution >= 4 is 23.6 Å². The number of rotatable bonds is 2. The molecule has 0 aromatic heterocycles. The molecule has 0 unspecified atom stereocenters. The van der Waals surface area contributed by atoms with Crippen LogP contribution in [-0.4, -0.2) is 48.5 Å². The first-order chi connectivity index (χ1) is 8.72. The molecule has 2 rings (SSSR count). The quantitative estimate of drug-likeness (QED) is 0.763. The van der Waals surface area contributed by atoms with Gasteiger partial charge >= 0.3 is 5.97 Å². The van der Waals surface area contributed by atoms with Gasteiger partial charge in [-0.3, -0.25) is 4.79 Å². The minimum Gasteiger partial charge on any atom is -0.465 e. The Kier molecular flexibility index (Phi) is 4.25. The van der Waals surface area contributed by atoms with E-state index in [-0.39, 0.29) is 5.91 Å². The topological polar surface area (TPSA) is 46.6 Å². The fourth-order valence-corrected chi connectivity index (χ4v) is 2.75. The molecular weight excluding hydrogens is 250 g/mol. The van der Waals surface area contributed by atoms with Crippen molar-refractivity contribution in [3.8, 4) is 0 Å². The lowest BCUT2D eigenvalue weighted by Gasteiger charge is -2.26. The molecule has 1 aromatic carbocycles. The van der Waals surface area contributed by atoms with Crippen LogP contribution in [0.25, 0.3) is 0 Å². The van der Waals surface area contributed by atoms with Crippen LogP contribution in [0.5, 0.6) is 0 Å². The van der Waals surface area contributed by atoms with Crippen molar-refractivity contribution in [2.24, 2.45) is 0 Å². The fraction of sp³-hybridized carbons (Fsp3) is 0.385. The van der Waals surface area contributed by atoms with E-state index in [0.717, 1.165) is 24.6 Å². The van der Waals surface area contributed by atoms with Crippen molar-refractivity contribution in [2.75, 3.05) is 31.7 Å². The fourth-order valence-electron chi connectivity index (χ4n) is 1.85. The highest BCUT2D eigenvalue weighted by atomic mass is 32.2. The molecule has 0 aliphatic carbocycles. The molecule has 0 N–H and O–H groups in total. The molecule has 1 aliphatic heterocycles. The average Bonchev–Trinajstić information content (AvgIpc) is 2.46. The minimum absolute atomic E-state index is 0.0129. The third-order valence-electron chi connectivity index (χ3n) is 2.83. The van der Waals surface area contributed by atoms with Crippen molar-refractivity contribution in [1.82, 2.24) is 4.90 Å². The summed E-state index contributed by atoms with van der Waals surface area (Å²) in [7, 11) is 1.33. The smallest absolute Gasteiger partial charge is 0.337 e. The summed E-state index contributed by atoms with van der Waals surface area (Å²) in [5.41, 5.74) is 0.958. The van der Waals surface area contributed by atoms with E-state index in [0.29, 0.717) is 11.1 Å². The highest BCUT2D eigenvalue weighted by Crippen LogP contribution is 2.14. The van der Waals surface area contributed by atoms with Gasteiger partial charge in [0.25, 0.3) is 5.91 Å². The van der Waals surface area contributed by atoms with Crippen molar-refractivity contribution in [3.63, 3.8) is 0 Å². The van der Waals surface area contributed by atoms with Gasteiger partial charge in [0.15, 0.2) is 0 Å². The summed E-state index contributed by atoms with van der Waals surface area (Å²) in [5, 5.41) is 0. The number of esters is 1. The SMILES string of the molecule is COC(=O)c1cccc(C(=O)N2CCSCC2)c1. The lowest BCUT2D eigenvalue weighted by molar-refractivity contribution is 0.0600. The number of carbonyl (C=O) groups excluding carboxylic acids is 2. The Bertz CT molecular complexity index is 455. The third-order valence-corrected chi connectivity index (χ3v) is 3.77. The number of carbonyl (C=O) groups is 2. The summed E-state index contributed by atoms with van der Waals surface area (Å²) in [6.45, 7) is 1.54. The van der Waals surface area contributed by atoms with E-state index in [2.05, 4.69) is 4.74 Å². The van der Waals surface area contributed by atoms with Crippen LogP contribution in [0.15, 0.2) is 24.3 Å². The predicted molar refractivity (Wildman–Crippen MR) is 71.0 cm³/mol. The van der Waals surface area contributed by atoms with Gasteiger partial charge in [-0.1, -0.05) is 6.07 Å². The Labute approximate surface area is 110 Å². The van der Waals surface area contributed by atoms with Crippen molar-refractivity contribution < 1.29 is 14.3 Å². The zero-order valence-corrected chi connectivity index (χ0v) is 11.0. The number of hydrogen-bond acceptors (Lipinski definition) is 4. The van der Waals surface area contributed by atoms with Gasteiger partial charge in [-0.05, 0) is 18.2 Å². The van der Waals surface area contributed by atoms with E-state index in [1.165, 1.54) is 7.11 Å². The molecule has 1 aromatic rings. The number of thioether (sulfide) groups is 1. The van der Waals surface area contributed by atoms with E-state index in [1.807, 2.05) is 16.7 Å². The maximum Gasteiger partial charge on any atom is 0.337 e. The van der Waals surface area contributed by atoms with Gasteiger partial charge in [0.1, 0.15) is 0 Å². The lowest BCUT2D eigenvalue weighted by Crippen LogP contribution is -2.37. The van der Waals surface area contributed by atoms with Gasteiger partial charge in [-0.2, -0.15) is 11.8 Å². The summed E-state index contributed by atoms with van der Waals surface area (Å²) >= 11 is 1.85. The summed E-state index contributed by atoms with van der Waals surface area (Å²) in [4.78, 5) is 25.5. The Morgan fingerprint density at radius 2 is 1.89 bits per heavy atom. The predicted octanol–water partition coefficient (Wildman–Crippen LogP) is 1.66. The average molecular weight is 265 g/mol.